The summed E-state index contributed by atoms with van der Waals surface area (Å²) in [5.74, 6) is 0. The molecule has 13 heavy (non-hydrogen) atoms. The van der Waals surface area contributed by atoms with Crippen molar-refractivity contribution in [2.75, 3.05) is 5.73 Å². The van der Waals surface area contributed by atoms with Gasteiger partial charge in [-0.2, -0.15) is 0 Å². The first-order valence-electron chi connectivity index (χ1n) is 4.12. The van der Waals surface area contributed by atoms with Gasteiger partial charge in [-0.1, -0.05) is 12.2 Å². The molecular weight excluding hydrogens is 164 g/mol. The lowest BCUT2D eigenvalue weighted by molar-refractivity contribution is 0.723. The van der Waals surface area contributed by atoms with E-state index >= 15 is 0 Å². The highest BCUT2D eigenvalue weighted by Gasteiger charge is 2.02. The van der Waals surface area contributed by atoms with E-state index in [0.29, 0.717) is 12.2 Å². The normalized spacial score (nSPS) is 10.0. The van der Waals surface area contributed by atoms with E-state index in [1.807, 2.05) is 13.8 Å². The zero-order valence-corrected chi connectivity index (χ0v) is 8.00. The molecule has 2 N–H and O–H groups in total. The summed E-state index contributed by atoms with van der Waals surface area (Å²) >= 11 is 0. The second-order valence-corrected chi connectivity index (χ2v) is 3.26. The Bertz CT molecular complexity index is 390. The molecule has 0 unspecified atom stereocenters. The van der Waals surface area contributed by atoms with Crippen molar-refractivity contribution in [3.05, 3.63) is 40.3 Å². The summed E-state index contributed by atoms with van der Waals surface area (Å²) in [5, 5.41) is 0. The standard InChI is InChI=1S/C10H14N2O/c1-7(2)6-12-8(3)9(11)4-5-10(12)13/h4-5H,1,6,11H2,2-3H3. The second kappa shape index (κ2) is 3.47. The highest BCUT2D eigenvalue weighted by Crippen LogP contribution is 2.07. The van der Waals surface area contributed by atoms with Gasteiger partial charge >= 0.3 is 0 Å². The molecule has 0 aliphatic heterocycles. The molecule has 1 rings (SSSR count). The SMILES string of the molecule is C=C(C)Cn1c(C)c(N)ccc1=O. The molecule has 0 amide bonds. The van der Waals surface area contributed by atoms with Crippen molar-refractivity contribution in [3.8, 4) is 0 Å². The molecule has 1 aromatic rings. The van der Waals surface area contributed by atoms with Crippen LogP contribution in [-0.2, 0) is 6.54 Å². The molecule has 0 saturated carbocycles. The maximum absolute atomic E-state index is 11.4. The number of allylic oxidation sites excluding steroid dienone is 1. The van der Waals surface area contributed by atoms with Gasteiger partial charge in [-0.3, -0.25) is 4.79 Å². The van der Waals surface area contributed by atoms with Crippen molar-refractivity contribution in [3.63, 3.8) is 0 Å². The monoisotopic (exact) mass is 178 g/mol. The van der Waals surface area contributed by atoms with Crippen LogP contribution < -0.4 is 11.3 Å². The van der Waals surface area contributed by atoms with Gasteiger partial charge in [0, 0.05) is 18.3 Å². The van der Waals surface area contributed by atoms with Crippen molar-refractivity contribution in [2.45, 2.75) is 20.4 Å². The van der Waals surface area contributed by atoms with Crippen LogP contribution in [0.5, 0.6) is 0 Å². The van der Waals surface area contributed by atoms with Crippen LogP contribution in [0.2, 0.25) is 0 Å². The molecule has 1 heterocycles. The Morgan fingerprint density at radius 2 is 2.23 bits per heavy atom. The zero-order chi connectivity index (χ0) is 10.0. The molecule has 70 valence electrons. The van der Waals surface area contributed by atoms with Gasteiger partial charge in [0.2, 0.25) is 0 Å². The van der Waals surface area contributed by atoms with Gasteiger partial charge in [0.1, 0.15) is 0 Å². The summed E-state index contributed by atoms with van der Waals surface area (Å²) in [6, 6.07) is 3.11. The minimum atomic E-state index is -0.0327. The highest BCUT2D eigenvalue weighted by atomic mass is 16.1. The zero-order valence-electron chi connectivity index (χ0n) is 8.00. The Kier molecular flexibility index (Phi) is 2.56. The Hall–Kier alpha value is -1.51. The summed E-state index contributed by atoms with van der Waals surface area (Å²) < 4.78 is 1.62. The topological polar surface area (TPSA) is 48.0 Å². The molecule has 0 radical (unpaired) electrons. The number of nitrogens with two attached hydrogens (primary N) is 1. The lowest BCUT2D eigenvalue weighted by Crippen LogP contribution is -2.22. The summed E-state index contributed by atoms with van der Waals surface area (Å²) in [4.78, 5) is 11.4. The summed E-state index contributed by atoms with van der Waals surface area (Å²) in [7, 11) is 0. The molecule has 0 fully saturated rings. The molecule has 0 bridgehead atoms. The number of nitrogen functional groups attached to an aromatic ring is 1. The Morgan fingerprint density at radius 1 is 1.62 bits per heavy atom. The van der Waals surface area contributed by atoms with Crippen molar-refractivity contribution in [2.24, 2.45) is 0 Å². The van der Waals surface area contributed by atoms with Gasteiger partial charge in [0.05, 0.1) is 5.69 Å². The smallest absolute Gasteiger partial charge is 0.251 e. The molecule has 0 aromatic carbocycles. The van der Waals surface area contributed by atoms with Gasteiger partial charge in [0.25, 0.3) is 5.56 Å². The van der Waals surface area contributed by atoms with E-state index in [2.05, 4.69) is 6.58 Å². The van der Waals surface area contributed by atoms with Gasteiger partial charge in [-0.05, 0) is 19.9 Å². The van der Waals surface area contributed by atoms with Gasteiger partial charge < -0.3 is 10.3 Å². The van der Waals surface area contributed by atoms with Crippen LogP contribution in [0.15, 0.2) is 29.1 Å². The van der Waals surface area contributed by atoms with E-state index in [1.165, 1.54) is 6.07 Å². The predicted octanol–water partition coefficient (Wildman–Crippen LogP) is 1.32. The van der Waals surface area contributed by atoms with Crippen LogP contribution in [0.3, 0.4) is 0 Å². The molecular formula is C10H14N2O. The highest BCUT2D eigenvalue weighted by molar-refractivity contribution is 5.41. The molecule has 0 aliphatic rings. The number of hydrogen-bond donors (Lipinski definition) is 1. The average Bonchev–Trinajstić information content (AvgIpc) is 2.05. The number of anilines is 1. The summed E-state index contributed by atoms with van der Waals surface area (Å²) in [5.41, 5.74) is 8.02. The first kappa shape index (κ1) is 9.58. The first-order chi connectivity index (χ1) is 6.02. The maximum Gasteiger partial charge on any atom is 0.251 e. The third kappa shape index (κ3) is 1.99. The Labute approximate surface area is 77.5 Å². The number of aromatic nitrogens is 1. The van der Waals surface area contributed by atoms with E-state index in [0.717, 1.165) is 11.3 Å². The van der Waals surface area contributed by atoms with Crippen molar-refractivity contribution in [1.82, 2.24) is 4.57 Å². The Balaban J connectivity index is 3.25. The quantitative estimate of drug-likeness (QED) is 0.694. The molecule has 0 atom stereocenters. The van der Waals surface area contributed by atoms with Crippen molar-refractivity contribution >= 4 is 5.69 Å². The third-order valence-corrected chi connectivity index (χ3v) is 1.92. The molecule has 0 saturated heterocycles. The van der Waals surface area contributed by atoms with Crippen LogP contribution in [-0.4, -0.2) is 4.57 Å². The van der Waals surface area contributed by atoms with Gasteiger partial charge in [0.15, 0.2) is 0 Å². The van der Waals surface area contributed by atoms with Crippen molar-refractivity contribution < 1.29 is 0 Å². The lowest BCUT2D eigenvalue weighted by atomic mass is 10.2. The molecule has 1 aromatic heterocycles. The largest absolute Gasteiger partial charge is 0.397 e. The van der Waals surface area contributed by atoms with Crippen LogP contribution in [0.1, 0.15) is 12.6 Å². The van der Waals surface area contributed by atoms with E-state index < -0.39 is 0 Å². The maximum atomic E-state index is 11.4. The number of hydrogen-bond acceptors (Lipinski definition) is 2. The molecule has 3 nitrogen and oxygen atoms in total. The van der Waals surface area contributed by atoms with Crippen LogP contribution in [0.4, 0.5) is 5.69 Å². The minimum Gasteiger partial charge on any atom is -0.397 e. The van der Waals surface area contributed by atoms with Crippen LogP contribution in [0.25, 0.3) is 0 Å². The Morgan fingerprint density at radius 3 is 2.77 bits per heavy atom. The van der Waals surface area contributed by atoms with Crippen LogP contribution >= 0.6 is 0 Å². The fourth-order valence-electron chi connectivity index (χ4n) is 1.16. The lowest BCUT2D eigenvalue weighted by Gasteiger charge is -2.10. The van der Waals surface area contributed by atoms with Gasteiger partial charge in [-0.25, -0.2) is 0 Å². The van der Waals surface area contributed by atoms with E-state index in [4.69, 9.17) is 5.73 Å². The van der Waals surface area contributed by atoms with E-state index in [-0.39, 0.29) is 5.56 Å². The fraction of sp³-hybridized carbons (Fsp3) is 0.300. The van der Waals surface area contributed by atoms with E-state index in [1.54, 1.807) is 10.6 Å². The predicted molar refractivity (Wildman–Crippen MR) is 54.7 cm³/mol. The van der Waals surface area contributed by atoms with Crippen LogP contribution in [0, 0.1) is 6.92 Å². The fourth-order valence-corrected chi connectivity index (χ4v) is 1.16. The first-order valence-corrected chi connectivity index (χ1v) is 4.12. The van der Waals surface area contributed by atoms with Crippen molar-refractivity contribution in [1.29, 1.82) is 0 Å². The van der Waals surface area contributed by atoms with E-state index in [9.17, 15) is 4.79 Å². The minimum absolute atomic E-state index is 0.0327. The second-order valence-electron chi connectivity index (χ2n) is 3.26. The number of rotatable bonds is 2. The summed E-state index contributed by atoms with van der Waals surface area (Å²) in [6.07, 6.45) is 0. The number of pyridine rings is 1. The average molecular weight is 178 g/mol. The van der Waals surface area contributed by atoms with Gasteiger partial charge in [-0.15, -0.1) is 0 Å². The molecule has 3 heteroatoms. The third-order valence-electron chi connectivity index (χ3n) is 1.92. The summed E-state index contributed by atoms with van der Waals surface area (Å²) in [6.45, 7) is 8.02. The molecule has 0 spiro atoms. The molecule has 0 aliphatic carbocycles. The number of nitrogens with zero attached hydrogens (tertiary/aromatic N) is 1.